The molecule has 0 saturated carbocycles. The smallest absolute Gasteiger partial charge is 0.310 e. The lowest BCUT2D eigenvalue weighted by molar-refractivity contribution is -0.134. The van der Waals surface area contributed by atoms with Gasteiger partial charge in [-0.15, -0.1) is 0 Å². The molecule has 0 aliphatic heterocycles. The van der Waals surface area contributed by atoms with Crippen molar-refractivity contribution in [3.63, 3.8) is 0 Å². The highest BCUT2D eigenvalue weighted by Gasteiger charge is 2.13. The zero-order valence-corrected chi connectivity index (χ0v) is 14.5. The summed E-state index contributed by atoms with van der Waals surface area (Å²) in [6, 6.07) is 11.3. The molecule has 0 unspecified atom stereocenters. The summed E-state index contributed by atoms with van der Waals surface area (Å²) in [6.45, 7) is 5.97. The number of hydrogen-bond acceptors (Lipinski definition) is 4. The van der Waals surface area contributed by atoms with Crippen LogP contribution in [0.4, 0.5) is 0 Å². The van der Waals surface area contributed by atoms with Crippen LogP contribution in [-0.4, -0.2) is 11.1 Å². The minimum absolute atomic E-state index is 0.134. The first-order chi connectivity index (χ1) is 11.6. The van der Waals surface area contributed by atoms with Crippen molar-refractivity contribution in [1.29, 1.82) is 0 Å². The summed E-state index contributed by atoms with van der Waals surface area (Å²) >= 11 is 0. The lowest BCUT2D eigenvalue weighted by Crippen LogP contribution is -2.10. The molecule has 1 N–H and O–H groups in total. The molecule has 4 nitrogen and oxygen atoms in total. The Bertz CT molecular complexity index is 707. The number of carbonyl (C=O) groups excluding carboxylic acids is 1. The Morgan fingerprint density at radius 3 is 2.54 bits per heavy atom. The van der Waals surface area contributed by atoms with E-state index in [2.05, 4.69) is 13.0 Å². The number of hydrogen-bond donors (Lipinski definition) is 1. The van der Waals surface area contributed by atoms with Crippen LogP contribution in [0.3, 0.4) is 0 Å². The SMILES string of the molecule is CCC(=O)Oc1cccc(CO)c1COc1ccc(C)cc1CC. The Hall–Kier alpha value is -2.33. The molecule has 0 bridgehead atoms. The van der Waals surface area contributed by atoms with Gasteiger partial charge in [-0.2, -0.15) is 0 Å². The van der Waals surface area contributed by atoms with E-state index in [4.69, 9.17) is 9.47 Å². The predicted octanol–water partition coefficient (Wildman–Crippen LogP) is 3.94. The van der Waals surface area contributed by atoms with Crippen molar-refractivity contribution < 1.29 is 19.4 Å². The Morgan fingerprint density at radius 1 is 1.08 bits per heavy atom. The van der Waals surface area contributed by atoms with Crippen LogP contribution in [0.5, 0.6) is 11.5 Å². The Labute approximate surface area is 143 Å². The van der Waals surface area contributed by atoms with Crippen molar-refractivity contribution in [2.75, 3.05) is 0 Å². The molecule has 0 fully saturated rings. The molecule has 128 valence electrons. The fourth-order valence-electron chi connectivity index (χ4n) is 2.49. The second-order valence-corrected chi connectivity index (χ2v) is 5.63. The average molecular weight is 328 g/mol. The first kappa shape index (κ1) is 18.0. The number of esters is 1. The van der Waals surface area contributed by atoms with Crippen molar-refractivity contribution in [3.05, 3.63) is 58.7 Å². The minimum atomic E-state index is -0.309. The molecule has 0 aromatic heterocycles. The van der Waals surface area contributed by atoms with E-state index in [-0.39, 0.29) is 19.2 Å². The van der Waals surface area contributed by atoms with Gasteiger partial charge in [0.05, 0.1) is 6.61 Å². The number of aliphatic hydroxyl groups is 1. The van der Waals surface area contributed by atoms with Gasteiger partial charge >= 0.3 is 5.97 Å². The summed E-state index contributed by atoms with van der Waals surface area (Å²) in [6.07, 6.45) is 1.16. The van der Waals surface area contributed by atoms with Crippen LogP contribution >= 0.6 is 0 Å². The molecular weight excluding hydrogens is 304 g/mol. The summed E-state index contributed by atoms with van der Waals surface area (Å²) in [5.74, 6) is 0.943. The molecular formula is C20H24O4. The first-order valence-electron chi connectivity index (χ1n) is 8.23. The maximum atomic E-state index is 11.6. The highest BCUT2D eigenvalue weighted by molar-refractivity contribution is 5.72. The van der Waals surface area contributed by atoms with Crippen molar-refractivity contribution >= 4 is 5.97 Å². The molecule has 0 spiro atoms. The van der Waals surface area contributed by atoms with E-state index >= 15 is 0 Å². The van der Waals surface area contributed by atoms with Crippen molar-refractivity contribution in [1.82, 2.24) is 0 Å². The van der Waals surface area contributed by atoms with Gasteiger partial charge in [0.15, 0.2) is 0 Å². The van der Waals surface area contributed by atoms with Crippen LogP contribution in [-0.2, 0) is 24.4 Å². The quantitative estimate of drug-likeness (QED) is 0.618. The van der Waals surface area contributed by atoms with Crippen LogP contribution in [0.1, 0.15) is 42.5 Å². The van der Waals surface area contributed by atoms with Gasteiger partial charge in [0.2, 0.25) is 0 Å². The lowest BCUT2D eigenvalue weighted by atomic mass is 10.1. The third-order valence-corrected chi connectivity index (χ3v) is 3.88. The van der Waals surface area contributed by atoms with Gasteiger partial charge in [-0.3, -0.25) is 4.79 Å². The van der Waals surface area contributed by atoms with E-state index in [9.17, 15) is 9.90 Å². The maximum absolute atomic E-state index is 11.6. The van der Waals surface area contributed by atoms with Crippen LogP contribution in [0.2, 0.25) is 0 Å². The second-order valence-electron chi connectivity index (χ2n) is 5.63. The molecule has 24 heavy (non-hydrogen) atoms. The second kappa shape index (κ2) is 8.50. The third-order valence-electron chi connectivity index (χ3n) is 3.88. The monoisotopic (exact) mass is 328 g/mol. The highest BCUT2D eigenvalue weighted by atomic mass is 16.5. The Morgan fingerprint density at radius 2 is 1.88 bits per heavy atom. The van der Waals surface area contributed by atoms with Crippen molar-refractivity contribution in [2.45, 2.75) is 46.8 Å². The van der Waals surface area contributed by atoms with Gasteiger partial charge in [-0.1, -0.05) is 43.7 Å². The van der Waals surface area contributed by atoms with E-state index in [1.165, 1.54) is 5.56 Å². The summed E-state index contributed by atoms with van der Waals surface area (Å²) in [7, 11) is 0. The molecule has 0 heterocycles. The summed E-state index contributed by atoms with van der Waals surface area (Å²) in [4.78, 5) is 11.6. The number of aliphatic hydroxyl groups excluding tert-OH is 1. The Balaban J connectivity index is 2.26. The van der Waals surface area contributed by atoms with Gasteiger partial charge in [-0.05, 0) is 36.6 Å². The van der Waals surface area contributed by atoms with E-state index < -0.39 is 0 Å². The largest absolute Gasteiger partial charge is 0.488 e. The number of ether oxygens (including phenoxy) is 2. The molecule has 0 aliphatic rings. The topological polar surface area (TPSA) is 55.8 Å². The van der Waals surface area contributed by atoms with Gasteiger partial charge in [0, 0.05) is 12.0 Å². The van der Waals surface area contributed by atoms with Crippen LogP contribution in [0.25, 0.3) is 0 Å². The molecule has 4 heteroatoms. The average Bonchev–Trinajstić information content (AvgIpc) is 2.60. The Kier molecular flexibility index (Phi) is 6.38. The fourth-order valence-corrected chi connectivity index (χ4v) is 2.49. The van der Waals surface area contributed by atoms with Crippen molar-refractivity contribution in [2.24, 2.45) is 0 Å². The molecule has 2 rings (SSSR count). The van der Waals surface area contributed by atoms with E-state index in [0.717, 1.165) is 17.7 Å². The highest BCUT2D eigenvalue weighted by Crippen LogP contribution is 2.27. The molecule has 0 saturated heterocycles. The zero-order valence-electron chi connectivity index (χ0n) is 14.5. The first-order valence-corrected chi connectivity index (χ1v) is 8.23. The molecule has 2 aromatic carbocycles. The lowest BCUT2D eigenvalue weighted by Gasteiger charge is -2.16. The zero-order chi connectivity index (χ0) is 17.5. The summed E-state index contributed by atoms with van der Waals surface area (Å²) in [5, 5.41) is 9.57. The molecule has 0 atom stereocenters. The number of aryl methyl sites for hydroxylation is 2. The van der Waals surface area contributed by atoms with E-state index in [1.807, 2.05) is 19.1 Å². The number of carbonyl (C=O) groups is 1. The normalized spacial score (nSPS) is 10.5. The maximum Gasteiger partial charge on any atom is 0.310 e. The molecule has 0 amide bonds. The molecule has 0 radical (unpaired) electrons. The van der Waals surface area contributed by atoms with Gasteiger partial charge in [0.1, 0.15) is 18.1 Å². The summed E-state index contributed by atoms with van der Waals surface area (Å²) < 4.78 is 11.3. The van der Waals surface area contributed by atoms with E-state index in [0.29, 0.717) is 23.3 Å². The standard InChI is InChI=1S/C20H24O4/c1-4-15-11-14(3)9-10-18(15)23-13-17-16(12-21)7-6-8-19(17)24-20(22)5-2/h6-11,21H,4-5,12-13H2,1-3H3. The van der Waals surface area contributed by atoms with Gasteiger partial charge in [-0.25, -0.2) is 0 Å². The van der Waals surface area contributed by atoms with E-state index in [1.54, 1.807) is 25.1 Å². The fraction of sp³-hybridized carbons (Fsp3) is 0.350. The van der Waals surface area contributed by atoms with Gasteiger partial charge < -0.3 is 14.6 Å². The van der Waals surface area contributed by atoms with Gasteiger partial charge in [0.25, 0.3) is 0 Å². The number of rotatable bonds is 7. The number of benzene rings is 2. The predicted molar refractivity (Wildman–Crippen MR) is 93.2 cm³/mol. The minimum Gasteiger partial charge on any atom is -0.488 e. The van der Waals surface area contributed by atoms with Crippen molar-refractivity contribution in [3.8, 4) is 11.5 Å². The third kappa shape index (κ3) is 4.36. The summed E-state index contributed by atoms with van der Waals surface area (Å²) in [5.41, 5.74) is 3.71. The van der Waals surface area contributed by atoms with Crippen LogP contribution in [0.15, 0.2) is 36.4 Å². The molecule has 2 aromatic rings. The molecule has 0 aliphatic carbocycles. The van der Waals surface area contributed by atoms with Crippen LogP contribution < -0.4 is 9.47 Å². The van der Waals surface area contributed by atoms with Crippen LogP contribution in [0, 0.1) is 6.92 Å².